The number of benzene rings is 1. The van der Waals surface area contributed by atoms with Crippen LogP contribution in [0, 0.1) is 0 Å². The maximum atomic E-state index is 3.97. The maximum Gasteiger partial charge on any atom is 0.0273 e. The third kappa shape index (κ3) is 2.77. The largest absolute Gasteiger partial charge is 0.265 e. The van der Waals surface area contributed by atoms with Crippen molar-refractivity contribution in [1.82, 2.24) is 4.98 Å². The number of pyridine rings is 1. The third-order valence-electron chi connectivity index (χ3n) is 2.07. The summed E-state index contributed by atoms with van der Waals surface area (Å²) in [7, 11) is 0. The van der Waals surface area contributed by atoms with Gasteiger partial charge in [-0.25, -0.2) is 0 Å². The van der Waals surface area contributed by atoms with Crippen molar-refractivity contribution in [2.24, 2.45) is 0 Å². The minimum Gasteiger partial charge on any atom is -0.265 e. The molecule has 0 N–H and O–H groups in total. The molecule has 0 spiro atoms. The molecule has 0 radical (unpaired) electrons. The second-order valence-corrected chi connectivity index (χ2v) is 3.99. The molecule has 15 heavy (non-hydrogen) atoms. The molecule has 0 aliphatic rings. The Morgan fingerprint density at radius 1 is 0.933 bits per heavy atom. The van der Waals surface area contributed by atoms with E-state index in [-0.39, 0.29) is 0 Å². The molecule has 0 unspecified atom stereocenters. The first-order valence-corrected chi connectivity index (χ1v) is 5.48. The molecule has 0 saturated carbocycles. The van der Waals surface area contributed by atoms with Gasteiger partial charge in [-0.15, -0.1) is 0 Å². The first-order chi connectivity index (χ1) is 7.36. The number of nitrogens with zero attached hydrogens (tertiary/aromatic N) is 1. The van der Waals surface area contributed by atoms with Crippen molar-refractivity contribution < 1.29 is 0 Å². The van der Waals surface area contributed by atoms with E-state index in [0.717, 1.165) is 10.0 Å². The lowest BCUT2D eigenvalue weighted by atomic mass is 10.1. The van der Waals surface area contributed by atoms with Crippen LogP contribution in [-0.2, 0) is 0 Å². The SMILES string of the molecule is Brc1ccccc1/C=C\c1ccncc1. The van der Waals surface area contributed by atoms with Gasteiger partial charge in [-0.1, -0.05) is 46.3 Å². The fraction of sp³-hybridized carbons (Fsp3) is 0. The summed E-state index contributed by atoms with van der Waals surface area (Å²) in [6.07, 6.45) is 7.74. The fourth-order valence-corrected chi connectivity index (χ4v) is 1.69. The van der Waals surface area contributed by atoms with Gasteiger partial charge in [-0.05, 0) is 29.3 Å². The molecule has 0 aliphatic carbocycles. The number of aromatic nitrogens is 1. The molecular weight excluding hydrogens is 250 g/mol. The molecule has 1 nitrogen and oxygen atoms in total. The van der Waals surface area contributed by atoms with Crippen LogP contribution in [-0.4, -0.2) is 4.98 Å². The van der Waals surface area contributed by atoms with Crippen LogP contribution >= 0.6 is 15.9 Å². The Labute approximate surface area is 97.6 Å². The molecule has 0 saturated heterocycles. The minimum atomic E-state index is 1.11. The number of halogens is 1. The van der Waals surface area contributed by atoms with E-state index in [4.69, 9.17) is 0 Å². The van der Waals surface area contributed by atoms with E-state index in [9.17, 15) is 0 Å². The van der Waals surface area contributed by atoms with Gasteiger partial charge in [0.25, 0.3) is 0 Å². The van der Waals surface area contributed by atoms with E-state index in [2.05, 4.69) is 39.1 Å². The Balaban J connectivity index is 2.23. The van der Waals surface area contributed by atoms with Crippen molar-refractivity contribution in [3.8, 4) is 0 Å². The molecule has 74 valence electrons. The van der Waals surface area contributed by atoms with E-state index in [0.29, 0.717) is 0 Å². The second-order valence-electron chi connectivity index (χ2n) is 3.14. The summed E-state index contributed by atoms with van der Waals surface area (Å²) in [5, 5.41) is 0. The van der Waals surface area contributed by atoms with Gasteiger partial charge < -0.3 is 0 Å². The van der Waals surface area contributed by atoms with Crippen LogP contribution in [0.1, 0.15) is 11.1 Å². The van der Waals surface area contributed by atoms with Gasteiger partial charge in [0.05, 0.1) is 0 Å². The molecule has 2 heteroatoms. The van der Waals surface area contributed by atoms with Gasteiger partial charge >= 0.3 is 0 Å². The molecule has 0 atom stereocenters. The van der Waals surface area contributed by atoms with Crippen molar-refractivity contribution in [2.45, 2.75) is 0 Å². The van der Waals surface area contributed by atoms with Crippen molar-refractivity contribution in [3.05, 3.63) is 64.4 Å². The average Bonchev–Trinajstić information content (AvgIpc) is 2.29. The van der Waals surface area contributed by atoms with Crippen LogP contribution in [0.25, 0.3) is 12.2 Å². The van der Waals surface area contributed by atoms with Crippen LogP contribution in [0.15, 0.2) is 53.3 Å². The van der Waals surface area contributed by atoms with Crippen molar-refractivity contribution in [2.75, 3.05) is 0 Å². The lowest BCUT2D eigenvalue weighted by Gasteiger charge is -1.96. The number of hydrogen-bond acceptors (Lipinski definition) is 1. The first kappa shape index (κ1) is 10.1. The molecule has 2 rings (SSSR count). The van der Waals surface area contributed by atoms with Gasteiger partial charge in [0, 0.05) is 16.9 Å². The first-order valence-electron chi connectivity index (χ1n) is 4.69. The van der Waals surface area contributed by atoms with Crippen LogP contribution in [0.2, 0.25) is 0 Å². The second kappa shape index (κ2) is 4.89. The number of rotatable bonds is 2. The summed E-state index contributed by atoms with van der Waals surface area (Å²) in [6.45, 7) is 0. The summed E-state index contributed by atoms with van der Waals surface area (Å²) < 4.78 is 1.11. The molecule has 0 amide bonds. The molecule has 0 fully saturated rings. The maximum absolute atomic E-state index is 3.97. The van der Waals surface area contributed by atoms with Crippen LogP contribution < -0.4 is 0 Å². The monoisotopic (exact) mass is 259 g/mol. The van der Waals surface area contributed by atoms with E-state index >= 15 is 0 Å². The standard InChI is InChI=1S/C13H10BrN/c14-13-4-2-1-3-12(13)6-5-11-7-9-15-10-8-11/h1-10H/b6-5-. The summed E-state index contributed by atoms with van der Waals surface area (Å²) in [5.74, 6) is 0. The van der Waals surface area contributed by atoms with Crippen LogP contribution in [0.4, 0.5) is 0 Å². The molecule has 1 aromatic carbocycles. The zero-order chi connectivity index (χ0) is 10.5. The van der Waals surface area contributed by atoms with Crippen molar-refractivity contribution in [3.63, 3.8) is 0 Å². The Kier molecular flexibility index (Phi) is 3.30. The Morgan fingerprint density at radius 2 is 1.67 bits per heavy atom. The Bertz CT molecular complexity index is 463. The van der Waals surface area contributed by atoms with E-state index in [1.807, 2.05) is 30.3 Å². The lowest BCUT2D eigenvalue weighted by Crippen LogP contribution is -1.75. The smallest absolute Gasteiger partial charge is 0.0273 e. The predicted octanol–water partition coefficient (Wildman–Crippen LogP) is 4.01. The minimum absolute atomic E-state index is 1.11. The number of hydrogen-bond donors (Lipinski definition) is 0. The Morgan fingerprint density at radius 3 is 2.40 bits per heavy atom. The van der Waals surface area contributed by atoms with Crippen LogP contribution in [0.3, 0.4) is 0 Å². The van der Waals surface area contributed by atoms with Gasteiger partial charge in [-0.2, -0.15) is 0 Å². The highest BCUT2D eigenvalue weighted by atomic mass is 79.9. The average molecular weight is 260 g/mol. The molecular formula is C13H10BrN. The van der Waals surface area contributed by atoms with E-state index in [1.165, 1.54) is 5.56 Å². The van der Waals surface area contributed by atoms with Gasteiger partial charge in [0.1, 0.15) is 0 Å². The predicted molar refractivity (Wildman–Crippen MR) is 67.3 cm³/mol. The van der Waals surface area contributed by atoms with Gasteiger partial charge in [0.2, 0.25) is 0 Å². The highest BCUT2D eigenvalue weighted by Crippen LogP contribution is 2.18. The highest BCUT2D eigenvalue weighted by Gasteiger charge is 1.92. The fourth-order valence-electron chi connectivity index (χ4n) is 1.27. The normalized spacial score (nSPS) is 10.7. The zero-order valence-electron chi connectivity index (χ0n) is 8.10. The summed E-state index contributed by atoms with van der Waals surface area (Å²) >= 11 is 3.51. The Hall–Kier alpha value is -1.41. The molecule has 0 aliphatic heterocycles. The van der Waals surface area contributed by atoms with Gasteiger partial charge in [0.15, 0.2) is 0 Å². The quantitative estimate of drug-likeness (QED) is 0.794. The summed E-state index contributed by atoms with van der Waals surface area (Å²) in [6, 6.07) is 12.1. The highest BCUT2D eigenvalue weighted by molar-refractivity contribution is 9.10. The van der Waals surface area contributed by atoms with Crippen LogP contribution in [0.5, 0.6) is 0 Å². The van der Waals surface area contributed by atoms with Gasteiger partial charge in [-0.3, -0.25) is 4.98 Å². The molecule has 0 bridgehead atoms. The summed E-state index contributed by atoms with van der Waals surface area (Å²) in [4.78, 5) is 3.97. The molecule has 1 heterocycles. The van der Waals surface area contributed by atoms with Crippen molar-refractivity contribution in [1.29, 1.82) is 0 Å². The van der Waals surface area contributed by atoms with E-state index in [1.54, 1.807) is 12.4 Å². The summed E-state index contributed by atoms with van der Waals surface area (Å²) in [5.41, 5.74) is 2.33. The topological polar surface area (TPSA) is 12.9 Å². The third-order valence-corrected chi connectivity index (χ3v) is 2.79. The zero-order valence-corrected chi connectivity index (χ0v) is 9.68. The lowest BCUT2D eigenvalue weighted by molar-refractivity contribution is 1.32. The molecule has 1 aromatic heterocycles. The molecule has 2 aromatic rings. The van der Waals surface area contributed by atoms with E-state index < -0.39 is 0 Å². The van der Waals surface area contributed by atoms with Crippen molar-refractivity contribution >= 4 is 28.1 Å².